The molecule has 1 aromatic carbocycles. The van der Waals surface area contributed by atoms with E-state index in [4.69, 9.17) is 4.74 Å². The number of hydrogen-bond acceptors (Lipinski definition) is 4. The Balaban J connectivity index is 0.00000312. The Kier molecular flexibility index (Phi) is 8.98. The molecular formula is C17H28IN3O3S. The number of hydrogen-bond donors (Lipinski definition) is 2. The maximum Gasteiger partial charge on any atom is 0.191 e. The van der Waals surface area contributed by atoms with Gasteiger partial charge < -0.3 is 15.4 Å². The first-order valence-electron chi connectivity index (χ1n) is 8.30. The van der Waals surface area contributed by atoms with Gasteiger partial charge in [0.1, 0.15) is 12.4 Å². The molecule has 2 N–H and O–H groups in total. The van der Waals surface area contributed by atoms with Gasteiger partial charge in [0.05, 0.1) is 18.1 Å². The van der Waals surface area contributed by atoms with Crippen LogP contribution in [0.3, 0.4) is 0 Å². The molecule has 1 heterocycles. The molecular weight excluding hydrogens is 453 g/mol. The Hall–Kier alpha value is -1.03. The third-order valence-corrected chi connectivity index (χ3v) is 5.76. The number of nitrogens with one attached hydrogen (secondary N) is 2. The average molecular weight is 481 g/mol. The summed E-state index contributed by atoms with van der Waals surface area (Å²) in [5, 5.41) is 6.32. The lowest BCUT2D eigenvalue weighted by Crippen LogP contribution is -2.45. The fourth-order valence-corrected chi connectivity index (χ4v) is 4.39. The first kappa shape index (κ1) is 22.0. The summed E-state index contributed by atoms with van der Waals surface area (Å²) in [4.78, 5) is 4.13. The molecule has 0 radical (unpaired) electrons. The molecule has 0 spiro atoms. The van der Waals surface area contributed by atoms with Crippen LogP contribution in [-0.2, 0) is 9.84 Å². The number of sulfone groups is 1. The normalized spacial score (nSPS) is 19.4. The number of nitrogens with zero attached hydrogens (tertiary/aromatic N) is 1. The lowest BCUT2D eigenvalue weighted by molar-refractivity contribution is 0.317. The number of benzene rings is 1. The van der Waals surface area contributed by atoms with Crippen molar-refractivity contribution in [2.75, 3.05) is 31.7 Å². The van der Waals surface area contributed by atoms with Crippen molar-refractivity contribution in [2.24, 2.45) is 4.99 Å². The largest absolute Gasteiger partial charge is 0.491 e. The van der Waals surface area contributed by atoms with Gasteiger partial charge in [0.2, 0.25) is 0 Å². The summed E-state index contributed by atoms with van der Waals surface area (Å²) in [7, 11) is -1.22. The molecule has 6 nitrogen and oxygen atoms in total. The van der Waals surface area contributed by atoms with Crippen LogP contribution >= 0.6 is 24.0 Å². The van der Waals surface area contributed by atoms with Gasteiger partial charge in [-0.15, -0.1) is 24.0 Å². The number of guanidine groups is 1. The summed E-state index contributed by atoms with van der Waals surface area (Å²) in [6.45, 7) is 5.38. The highest BCUT2D eigenvalue weighted by Crippen LogP contribution is 2.25. The molecule has 25 heavy (non-hydrogen) atoms. The number of aliphatic imine (C=N–C) groups is 1. The van der Waals surface area contributed by atoms with Crippen molar-refractivity contribution in [3.05, 3.63) is 29.8 Å². The molecule has 0 aliphatic carbocycles. The van der Waals surface area contributed by atoms with Crippen molar-refractivity contribution >= 4 is 39.8 Å². The summed E-state index contributed by atoms with van der Waals surface area (Å²) in [6, 6.07) is 7.97. The topological polar surface area (TPSA) is 79.8 Å². The molecule has 0 saturated carbocycles. The van der Waals surface area contributed by atoms with Crippen LogP contribution in [0.1, 0.15) is 31.7 Å². The van der Waals surface area contributed by atoms with Crippen LogP contribution in [-0.4, -0.2) is 52.1 Å². The molecule has 1 unspecified atom stereocenters. The Labute approximate surface area is 167 Å². The van der Waals surface area contributed by atoms with E-state index in [1.54, 1.807) is 7.05 Å². The highest BCUT2D eigenvalue weighted by molar-refractivity contribution is 14.0. The van der Waals surface area contributed by atoms with E-state index in [0.29, 0.717) is 31.4 Å². The first-order chi connectivity index (χ1) is 11.4. The Bertz CT molecular complexity index is 677. The Morgan fingerprint density at radius 3 is 2.68 bits per heavy atom. The van der Waals surface area contributed by atoms with E-state index in [1.807, 2.05) is 18.2 Å². The van der Waals surface area contributed by atoms with Crippen molar-refractivity contribution < 1.29 is 13.2 Å². The standard InChI is InChI=1S/C17H27N3O3S.HI/c1-13(2)15-6-4-5-7-16(15)23-10-9-19-17(18-3)20-14-8-11-24(21,22)12-14;/h4-7,13-14H,8-12H2,1-3H3,(H2,18,19,20);1H. The van der Waals surface area contributed by atoms with Crippen LogP contribution in [0.15, 0.2) is 29.3 Å². The lowest BCUT2D eigenvalue weighted by Gasteiger charge is -2.17. The fourth-order valence-electron chi connectivity index (χ4n) is 2.72. The van der Waals surface area contributed by atoms with Crippen molar-refractivity contribution in [3.8, 4) is 5.75 Å². The summed E-state index contributed by atoms with van der Waals surface area (Å²) in [6.07, 6.45) is 0.626. The summed E-state index contributed by atoms with van der Waals surface area (Å²) >= 11 is 0. The number of para-hydroxylation sites is 1. The van der Waals surface area contributed by atoms with Crippen molar-refractivity contribution in [1.82, 2.24) is 10.6 Å². The molecule has 0 bridgehead atoms. The maximum absolute atomic E-state index is 11.5. The van der Waals surface area contributed by atoms with Gasteiger partial charge in [-0.2, -0.15) is 0 Å². The zero-order valence-corrected chi connectivity index (χ0v) is 18.1. The molecule has 1 aromatic rings. The monoisotopic (exact) mass is 481 g/mol. The van der Waals surface area contributed by atoms with Gasteiger partial charge in [-0.3, -0.25) is 4.99 Å². The minimum atomic E-state index is -2.89. The molecule has 8 heteroatoms. The lowest BCUT2D eigenvalue weighted by atomic mass is 10.0. The van der Waals surface area contributed by atoms with Gasteiger partial charge in [-0.1, -0.05) is 32.0 Å². The van der Waals surface area contributed by atoms with Gasteiger partial charge in [-0.05, 0) is 24.0 Å². The number of halogens is 1. The van der Waals surface area contributed by atoms with E-state index in [0.717, 1.165) is 5.75 Å². The Morgan fingerprint density at radius 2 is 2.08 bits per heavy atom. The molecule has 1 saturated heterocycles. The molecule has 142 valence electrons. The molecule has 1 aliphatic rings. The van der Waals surface area contributed by atoms with Gasteiger partial charge in [0, 0.05) is 13.1 Å². The van der Waals surface area contributed by atoms with E-state index >= 15 is 0 Å². The molecule has 1 atom stereocenters. The predicted molar refractivity (Wildman–Crippen MR) is 113 cm³/mol. The zero-order valence-electron chi connectivity index (χ0n) is 15.0. The van der Waals surface area contributed by atoms with Crippen LogP contribution in [0, 0.1) is 0 Å². The van der Waals surface area contributed by atoms with Crippen LogP contribution in [0.2, 0.25) is 0 Å². The third-order valence-electron chi connectivity index (χ3n) is 3.99. The minimum Gasteiger partial charge on any atom is -0.491 e. The molecule has 2 rings (SSSR count). The smallest absolute Gasteiger partial charge is 0.191 e. The summed E-state index contributed by atoms with van der Waals surface area (Å²) in [5.41, 5.74) is 1.19. The van der Waals surface area contributed by atoms with Gasteiger partial charge >= 0.3 is 0 Å². The predicted octanol–water partition coefficient (Wildman–Crippen LogP) is 2.16. The molecule has 1 aliphatic heterocycles. The SMILES string of the molecule is CN=C(NCCOc1ccccc1C(C)C)NC1CCS(=O)(=O)C1.I. The van der Waals surface area contributed by atoms with Gasteiger partial charge in [-0.25, -0.2) is 8.42 Å². The highest BCUT2D eigenvalue weighted by atomic mass is 127. The minimum absolute atomic E-state index is 0. The third kappa shape index (κ3) is 7.01. The van der Waals surface area contributed by atoms with Crippen molar-refractivity contribution in [3.63, 3.8) is 0 Å². The summed E-state index contributed by atoms with van der Waals surface area (Å²) in [5.74, 6) is 2.34. The van der Waals surface area contributed by atoms with Crippen LogP contribution < -0.4 is 15.4 Å². The highest BCUT2D eigenvalue weighted by Gasteiger charge is 2.28. The number of rotatable bonds is 6. The van der Waals surface area contributed by atoms with Crippen molar-refractivity contribution in [2.45, 2.75) is 32.2 Å². The average Bonchev–Trinajstić information content (AvgIpc) is 2.89. The van der Waals surface area contributed by atoms with E-state index in [9.17, 15) is 8.42 Å². The second kappa shape index (κ2) is 10.2. The van der Waals surface area contributed by atoms with Crippen molar-refractivity contribution in [1.29, 1.82) is 0 Å². The van der Waals surface area contributed by atoms with Gasteiger partial charge in [0.15, 0.2) is 15.8 Å². The van der Waals surface area contributed by atoms with E-state index in [2.05, 4.69) is 35.5 Å². The van der Waals surface area contributed by atoms with Crippen LogP contribution in [0.25, 0.3) is 0 Å². The van der Waals surface area contributed by atoms with Crippen LogP contribution in [0.4, 0.5) is 0 Å². The maximum atomic E-state index is 11.5. The fraction of sp³-hybridized carbons (Fsp3) is 0.588. The second-order valence-electron chi connectivity index (χ2n) is 6.28. The van der Waals surface area contributed by atoms with E-state index in [-0.39, 0.29) is 41.5 Å². The van der Waals surface area contributed by atoms with Gasteiger partial charge in [0.25, 0.3) is 0 Å². The zero-order chi connectivity index (χ0) is 17.6. The second-order valence-corrected chi connectivity index (χ2v) is 8.51. The summed E-state index contributed by atoms with van der Waals surface area (Å²) < 4.78 is 28.8. The molecule has 0 aromatic heterocycles. The first-order valence-corrected chi connectivity index (χ1v) is 10.1. The molecule has 1 fully saturated rings. The van der Waals surface area contributed by atoms with E-state index < -0.39 is 9.84 Å². The Morgan fingerprint density at radius 1 is 1.36 bits per heavy atom. The van der Waals surface area contributed by atoms with E-state index in [1.165, 1.54) is 5.56 Å². The molecule has 0 amide bonds. The number of ether oxygens (including phenoxy) is 1. The quantitative estimate of drug-likeness (QED) is 0.282. The van der Waals surface area contributed by atoms with Crippen LogP contribution in [0.5, 0.6) is 5.75 Å².